The fourth-order valence-corrected chi connectivity index (χ4v) is 1.41. The molecule has 1 aromatic carbocycles. The van der Waals surface area contributed by atoms with Crippen molar-refractivity contribution < 1.29 is 13.6 Å². The number of amides is 1. The van der Waals surface area contributed by atoms with Gasteiger partial charge < -0.3 is 11.1 Å². The molecule has 0 aromatic heterocycles. The van der Waals surface area contributed by atoms with Gasteiger partial charge in [-0.15, -0.1) is 12.4 Å². The van der Waals surface area contributed by atoms with Crippen molar-refractivity contribution in [2.24, 2.45) is 11.1 Å². The molecule has 1 amide bonds. The molecule has 0 atom stereocenters. The predicted molar refractivity (Wildman–Crippen MR) is 73.2 cm³/mol. The molecule has 108 valence electrons. The molecule has 0 aliphatic heterocycles. The minimum absolute atomic E-state index is 0. The quantitative estimate of drug-likeness (QED) is 0.872. The Balaban J connectivity index is 0.00000324. The van der Waals surface area contributed by atoms with E-state index in [2.05, 4.69) is 5.32 Å². The summed E-state index contributed by atoms with van der Waals surface area (Å²) in [6.07, 6.45) is 0.376. The first-order valence-electron chi connectivity index (χ1n) is 5.78. The maximum absolute atomic E-state index is 12.9. The van der Waals surface area contributed by atoms with Crippen molar-refractivity contribution in [1.29, 1.82) is 0 Å². The number of benzene rings is 1. The third-order valence-corrected chi connectivity index (χ3v) is 2.75. The summed E-state index contributed by atoms with van der Waals surface area (Å²) < 4.78 is 25.8. The van der Waals surface area contributed by atoms with Crippen LogP contribution in [0.4, 0.5) is 8.78 Å². The Morgan fingerprint density at radius 3 is 2.26 bits per heavy atom. The molecule has 3 nitrogen and oxygen atoms in total. The van der Waals surface area contributed by atoms with Gasteiger partial charge in [0.1, 0.15) is 11.6 Å². The van der Waals surface area contributed by atoms with Gasteiger partial charge in [0, 0.05) is 19.2 Å². The monoisotopic (exact) mass is 292 g/mol. The second kappa shape index (κ2) is 7.40. The number of nitrogens with two attached hydrogens (primary N) is 1. The molecule has 0 bridgehead atoms. The van der Waals surface area contributed by atoms with Crippen LogP contribution in [0.15, 0.2) is 18.2 Å². The summed E-state index contributed by atoms with van der Waals surface area (Å²) in [6, 6.07) is 3.33. The van der Waals surface area contributed by atoms with E-state index in [1.54, 1.807) is 13.8 Å². The van der Waals surface area contributed by atoms with Gasteiger partial charge in [0.15, 0.2) is 0 Å². The van der Waals surface area contributed by atoms with Crippen LogP contribution in [0.25, 0.3) is 0 Å². The average molecular weight is 293 g/mol. The van der Waals surface area contributed by atoms with Crippen molar-refractivity contribution in [3.05, 3.63) is 35.4 Å². The SMILES string of the molecule is CC(C)(CN)C(=O)NCCc1cc(F)cc(F)c1.Cl. The van der Waals surface area contributed by atoms with Crippen molar-refractivity contribution in [2.75, 3.05) is 13.1 Å². The highest BCUT2D eigenvalue weighted by Gasteiger charge is 2.24. The second-order valence-corrected chi connectivity index (χ2v) is 4.87. The molecule has 0 fully saturated rings. The Hall–Kier alpha value is -1.20. The molecule has 0 aliphatic carbocycles. The van der Waals surface area contributed by atoms with E-state index in [0.29, 0.717) is 18.5 Å². The molecule has 0 heterocycles. The zero-order valence-electron chi connectivity index (χ0n) is 11.0. The van der Waals surface area contributed by atoms with Crippen LogP contribution in [0.2, 0.25) is 0 Å². The number of hydrogen-bond acceptors (Lipinski definition) is 2. The fraction of sp³-hybridized carbons (Fsp3) is 0.462. The Morgan fingerprint density at radius 2 is 1.79 bits per heavy atom. The first-order valence-corrected chi connectivity index (χ1v) is 5.78. The van der Waals surface area contributed by atoms with Crippen LogP contribution >= 0.6 is 12.4 Å². The van der Waals surface area contributed by atoms with E-state index in [9.17, 15) is 13.6 Å². The van der Waals surface area contributed by atoms with Gasteiger partial charge in [-0.3, -0.25) is 4.79 Å². The minimum Gasteiger partial charge on any atom is -0.355 e. The molecule has 0 radical (unpaired) electrons. The second-order valence-electron chi connectivity index (χ2n) is 4.87. The molecule has 0 saturated carbocycles. The summed E-state index contributed by atoms with van der Waals surface area (Å²) in [6.45, 7) is 4.05. The van der Waals surface area contributed by atoms with Gasteiger partial charge in [-0.1, -0.05) is 0 Å². The predicted octanol–water partition coefficient (Wildman–Crippen LogP) is 2.03. The number of carbonyl (C=O) groups excluding carboxylic acids is 1. The summed E-state index contributed by atoms with van der Waals surface area (Å²) >= 11 is 0. The zero-order chi connectivity index (χ0) is 13.8. The molecule has 6 heteroatoms. The Labute approximate surface area is 118 Å². The van der Waals surface area contributed by atoms with Crippen molar-refractivity contribution in [1.82, 2.24) is 5.32 Å². The number of halogens is 3. The summed E-state index contributed by atoms with van der Waals surface area (Å²) in [5.41, 5.74) is 5.35. The van der Waals surface area contributed by atoms with E-state index in [1.165, 1.54) is 12.1 Å². The van der Waals surface area contributed by atoms with Crippen LogP contribution in [-0.2, 0) is 11.2 Å². The summed E-state index contributed by atoms with van der Waals surface area (Å²) in [5, 5.41) is 2.70. The van der Waals surface area contributed by atoms with Gasteiger partial charge in [-0.2, -0.15) is 0 Å². The van der Waals surface area contributed by atoms with E-state index in [4.69, 9.17) is 5.73 Å². The lowest BCUT2D eigenvalue weighted by atomic mass is 9.92. The first kappa shape index (κ1) is 17.8. The third-order valence-electron chi connectivity index (χ3n) is 2.75. The van der Waals surface area contributed by atoms with Gasteiger partial charge in [-0.05, 0) is 38.0 Å². The number of rotatable bonds is 5. The van der Waals surface area contributed by atoms with Gasteiger partial charge in [0.05, 0.1) is 5.41 Å². The lowest BCUT2D eigenvalue weighted by molar-refractivity contribution is -0.128. The van der Waals surface area contributed by atoms with E-state index >= 15 is 0 Å². The third kappa shape index (κ3) is 5.53. The lowest BCUT2D eigenvalue weighted by Crippen LogP contribution is -2.42. The summed E-state index contributed by atoms with van der Waals surface area (Å²) in [7, 11) is 0. The molecular formula is C13H19ClF2N2O. The first-order chi connectivity index (χ1) is 8.35. The van der Waals surface area contributed by atoms with Gasteiger partial charge >= 0.3 is 0 Å². The topological polar surface area (TPSA) is 55.1 Å². The van der Waals surface area contributed by atoms with E-state index in [1.807, 2.05) is 0 Å². The largest absolute Gasteiger partial charge is 0.355 e. The van der Waals surface area contributed by atoms with Crippen molar-refractivity contribution in [3.8, 4) is 0 Å². The number of carbonyl (C=O) groups is 1. The molecule has 0 saturated heterocycles. The highest BCUT2D eigenvalue weighted by atomic mass is 35.5. The normalized spacial score (nSPS) is 10.8. The number of nitrogens with one attached hydrogen (secondary N) is 1. The van der Waals surface area contributed by atoms with E-state index in [0.717, 1.165) is 6.07 Å². The van der Waals surface area contributed by atoms with Crippen molar-refractivity contribution in [3.63, 3.8) is 0 Å². The fourth-order valence-electron chi connectivity index (χ4n) is 1.41. The van der Waals surface area contributed by atoms with Crippen LogP contribution in [-0.4, -0.2) is 19.0 Å². The molecule has 0 spiro atoms. The van der Waals surface area contributed by atoms with Crippen LogP contribution in [0.3, 0.4) is 0 Å². The lowest BCUT2D eigenvalue weighted by Gasteiger charge is -2.21. The summed E-state index contributed by atoms with van der Waals surface area (Å²) in [5.74, 6) is -1.39. The highest BCUT2D eigenvalue weighted by molar-refractivity contribution is 5.85. The van der Waals surface area contributed by atoms with Crippen molar-refractivity contribution >= 4 is 18.3 Å². The Morgan fingerprint density at radius 1 is 1.26 bits per heavy atom. The molecule has 0 unspecified atom stereocenters. The Bertz CT molecular complexity index is 418. The van der Waals surface area contributed by atoms with Crippen LogP contribution in [0.1, 0.15) is 19.4 Å². The van der Waals surface area contributed by atoms with Crippen LogP contribution in [0, 0.1) is 17.0 Å². The van der Waals surface area contributed by atoms with E-state index in [-0.39, 0.29) is 24.9 Å². The number of hydrogen-bond donors (Lipinski definition) is 2. The molecule has 1 rings (SSSR count). The molecular weight excluding hydrogens is 274 g/mol. The smallest absolute Gasteiger partial charge is 0.226 e. The molecule has 0 aliphatic rings. The minimum atomic E-state index is -0.632. The standard InChI is InChI=1S/C13H18F2N2O.ClH/c1-13(2,8-16)12(18)17-4-3-9-5-10(14)7-11(15)6-9;/h5-7H,3-4,8,16H2,1-2H3,(H,17,18);1H. The molecule has 3 N–H and O–H groups in total. The summed E-state index contributed by atoms with van der Waals surface area (Å²) in [4.78, 5) is 11.7. The maximum Gasteiger partial charge on any atom is 0.226 e. The van der Waals surface area contributed by atoms with Crippen LogP contribution in [0.5, 0.6) is 0 Å². The van der Waals surface area contributed by atoms with Crippen molar-refractivity contribution in [2.45, 2.75) is 20.3 Å². The molecule has 19 heavy (non-hydrogen) atoms. The Kier molecular flexibility index (Phi) is 6.94. The molecule has 1 aromatic rings. The maximum atomic E-state index is 12.9. The van der Waals surface area contributed by atoms with Crippen LogP contribution < -0.4 is 11.1 Å². The zero-order valence-corrected chi connectivity index (χ0v) is 11.8. The highest BCUT2D eigenvalue weighted by Crippen LogP contribution is 2.12. The van der Waals surface area contributed by atoms with Gasteiger partial charge in [0.25, 0.3) is 0 Å². The van der Waals surface area contributed by atoms with E-state index < -0.39 is 17.0 Å². The van der Waals surface area contributed by atoms with Gasteiger partial charge in [-0.25, -0.2) is 8.78 Å². The van der Waals surface area contributed by atoms with Gasteiger partial charge in [0.2, 0.25) is 5.91 Å². The average Bonchev–Trinajstić information content (AvgIpc) is 2.27.